The molecular formula is C12H20O6. The van der Waals surface area contributed by atoms with Gasteiger partial charge in [-0.05, 0) is 27.7 Å². The largest absolute Gasteiger partial charge is 0.366 e. The van der Waals surface area contributed by atoms with Crippen LogP contribution in [0.5, 0.6) is 0 Å². The van der Waals surface area contributed by atoms with Gasteiger partial charge in [-0.15, -0.1) is 0 Å². The molecule has 5 atom stereocenters. The molecule has 104 valence electrons. The summed E-state index contributed by atoms with van der Waals surface area (Å²) in [6, 6.07) is 0. The Kier molecular flexibility index (Phi) is 2.75. The molecule has 3 saturated heterocycles. The maximum absolute atomic E-state index is 9.87. The maximum Gasteiger partial charge on any atom is 0.184 e. The predicted molar refractivity (Wildman–Crippen MR) is 59.6 cm³/mol. The molecule has 6 nitrogen and oxygen atoms in total. The van der Waals surface area contributed by atoms with Gasteiger partial charge in [0.1, 0.15) is 24.4 Å². The van der Waals surface area contributed by atoms with E-state index >= 15 is 0 Å². The van der Waals surface area contributed by atoms with Gasteiger partial charge in [-0.3, -0.25) is 0 Å². The van der Waals surface area contributed by atoms with Crippen LogP contribution >= 0.6 is 0 Å². The Morgan fingerprint density at radius 2 is 1.56 bits per heavy atom. The molecule has 0 aromatic rings. The zero-order valence-electron chi connectivity index (χ0n) is 11.1. The van der Waals surface area contributed by atoms with Crippen LogP contribution in [0.3, 0.4) is 0 Å². The van der Waals surface area contributed by atoms with Gasteiger partial charge in [-0.1, -0.05) is 0 Å². The summed E-state index contributed by atoms with van der Waals surface area (Å²) >= 11 is 0. The smallest absolute Gasteiger partial charge is 0.184 e. The molecule has 0 spiro atoms. The van der Waals surface area contributed by atoms with E-state index in [0.717, 1.165) is 0 Å². The average Bonchev–Trinajstić information content (AvgIpc) is 2.81. The van der Waals surface area contributed by atoms with Crippen LogP contribution in [0.15, 0.2) is 0 Å². The molecule has 0 saturated carbocycles. The van der Waals surface area contributed by atoms with E-state index in [1.165, 1.54) is 0 Å². The highest BCUT2D eigenvalue weighted by atomic mass is 16.8. The fourth-order valence-corrected chi connectivity index (χ4v) is 2.78. The Bertz CT molecular complexity index is 341. The van der Waals surface area contributed by atoms with Crippen molar-refractivity contribution in [1.29, 1.82) is 0 Å². The minimum absolute atomic E-state index is 0.248. The van der Waals surface area contributed by atoms with Crippen LogP contribution in [0.1, 0.15) is 27.7 Å². The van der Waals surface area contributed by atoms with Crippen molar-refractivity contribution in [3.05, 3.63) is 0 Å². The Morgan fingerprint density at radius 1 is 0.889 bits per heavy atom. The Labute approximate surface area is 106 Å². The molecule has 3 rings (SSSR count). The monoisotopic (exact) mass is 260 g/mol. The number of hydrogen-bond donors (Lipinski definition) is 1. The maximum atomic E-state index is 9.87. The van der Waals surface area contributed by atoms with Crippen LogP contribution in [0.2, 0.25) is 0 Å². The van der Waals surface area contributed by atoms with Gasteiger partial charge in [-0.25, -0.2) is 0 Å². The molecule has 0 aromatic heterocycles. The molecule has 6 heteroatoms. The SMILES string of the molecule is CC1(C)OCC([C@H]2OC(O)C3OC(C)(C)O[C@@H]32)O1. The molecule has 1 N–H and O–H groups in total. The van der Waals surface area contributed by atoms with E-state index in [4.69, 9.17) is 23.7 Å². The van der Waals surface area contributed by atoms with Crippen molar-refractivity contribution in [2.45, 2.75) is 70.0 Å². The summed E-state index contributed by atoms with van der Waals surface area (Å²) in [5.74, 6) is -1.32. The van der Waals surface area contributed by atoms with Gasteiger partial charge < -0.3 is 28.8 Å². The molecule has 3 unspecified atom stereocenters. The normalized spacial score (nSPS) is 49.5. The molecule has 18 heavy (non-hydrogen) atoms. The standard InChI is InChI=1S/C12H20O6/c1-11(2)14-5-6(16-11)7-8-9(10(13)15-7)18-12(3,4)17-8/h6-10,13H,5H2,1-4H3/t6?,7-,8-,9?,10?/m1/s1. The predicted octanol–water partition coefficient (Wildman–Crippen LogP) is 0.375. The van der Waals surface area contributed by atoms with Gasteiger partial charge in [0, 0.05) is 0 Å². The fraction of sp³-hybridized carbons (Fsp3) is 1.00. The van der Waals surface area contributed by atoms with Gasteiger partial charge in [0.05, 0.1) is 6.61 Å². The lowest BCUT2D eigenvalue weighted by molar-refractivity contribution is -0.236. The third kappa shape index (κ3) is 2.07. The molecule has 0 aliphatic carbocycles. The molecule has 3 aliphatic heterocycles. The summed E-state index contributed by atoms with van der Waals surface area (Å²) < 4.78 is 28.2. The van der Waals surface area contributed by atoms with Crippen molar-refractivity contribution >= 4 is 0 Å². The second kappa shape index (κ2) is 3.88. The van der Waals surface area contributed by atoms with Gasteiger partial charge in [-0.2, -0.15) is 0 Å². The van der Waals surface area contributed by atoms with Gasteiger partial charge in [0.2, 0.25) is 0 Å². The van der Waals surface area contributed by atoms with Crippen molar-refractivity contribution in [2.24, 2.45) is 0 Å². The van der Waals surface area contributed by atoms with E-state index in [1.54, 1.807) is 0 Å². The number of aliphatic hydroxyl groups is 1. The van der Waals surface area contributed by atoms with Crippen LogP contribution in [0.4, 0.5) is 0 Å². The van der Waals surface area contributed by atoms with E-state index in [-0.39, 0.29) is 18.3 Å². The van der Waals surface area contributed by atoms with Crippen molar-refractivity contribution < 1.29 is 28.8 Å². The molecule has 3 aliphatic rings. The van der Waals surface area contributed by atoms with Crippen molar-refractivity contribution in [1.82, 2.24) is 0 Å². The van der Waals surface area contributed by atoms with Gasteiger partial charge >= 0.3 is 0 Å². The van der Waals surface area contributed by atoms with Gasteiger partial charge in [0.15, 0.2) is 17.9 Å². The molecule has 0 aromatic carbocycles. The number of ether oxygens (including phenoxy) is 5. The molecule has 0 bridgehead atoms. The van der Waals surface area contributed by atoms with Gasteiger partial charge in [0.25, 0.3) is 0 Å². The highest BCUT2D eigenvalue weighted by Crippen LogP contribution is 2.41. The highest BCUT2D eigenvalue weighted by Gasteiger charge is 2.58. The summed E-state index contributed by atoms with van der Waals surface area (Å²) in [6.07, 6.45) is -2.38. The van der Waals surface area contributed by atoms with E-state index in [0.29, 0.717) is 6.61 Å². The third-order valence-electron chi connectivity index (χ3n) is 3.46. The fourth-order valence-electron chi connectivity index (χ4n) is 2.78. The van der Waals surface area contributed by atoms with Crippen molar-refractivity contribution in [3.8, 4) is 0 Å². The van der Waals surface area contributed by atoms with Crippen LogP contribution < -0.4 is 0 Å². The zero-order chi connectivity index (χ0) is 13.1. The van der Waals surface area contributed by atoms with Crippen LogP contribution in [-0.4, -0.2) is 54.0 Å². The lowest BCUT2D eigenvalue weighted by atomic mass is 10.1. The summed E-state index contributed by atoms with van der Waals surface area (Å²) in [7, 11) is 0. The summed E-state index contributed by atoms with van der Waals surface area (Å²) in [6.45, 7) is 7.78. The molecule has 0 amide bonds. The second-order valence-electron chi connectivity index (χ2n) is 5.92. The molecule has 0 radical (unpaired) electrons. The van der Waals surface area contributed by atoms with Crippen LogP contribution in [0.25, 0.3) is 0 Å². The van der Waals surface area contributed by atoms with Crippen LogP contribution in [-0.2, 0) is 23.7 Å². The topological polar surface area (TPSA) is 66.4 Å². The van der Waals surface area contributed by atoms with E-state index in [9.17, 15) is 5.11 Å². The van der Waals surface area contributed by atoms with E-state index in [1.807, 2.05) is 27.7 Å². The minimum atomic E-state index is -0.978. The van der Waals surface area contributed by atoms with E-state index in [2.05, 4.69) is 0 Å². The highest BCUT2D eigenvalue weighted by molar-refractivity contribution is 4.99. The first-order valence-electron chi connectivity index (χ1n) is 6.28. The number of aliphatic hydroxyl groups excluding tert-OH is 1. The summed E-state index contributed by atoms with van der Waals surface area (Å²) in [5.41, 5.74) is 0. The average molecular weight is 260 g/mol. The Morgan fingerprint density at radius 3 is 2.17 bits per heavy atom. The lowest BCUT2D eigenvalue weighted by Crippen LogP contribution is -2.40. The number of hydrogen-bond acceptors (Lipinski definition) is 6. The van der Waals surface area contributed by atoms with E-state index < -0.39 is 24.0 Å². The summed E-state index contributed by atoms with van der Waals surface area (Å²) in [5, 5.41) is 9.87. The lowest BCUT2D eigenvalue weighted by Gasteiger charge is -2.26. The zero-order valence-corrected chi connectivity index (χ0v) is 11.1. The Hall–Kier alpha value is -0.240. The molecule has 3 heterocycles. The third-order valence-corrected chi connectivity index (χ3v) is 3.46. The Balaban J connectivity index is 1.75. The molecular weight excluding hydrogens is 240 g/mol. The number of fused-ring (bicyclic) bond motifs is 1. The first-order valence-corrected chi connectivity index (χ1v) is 6.28. The first kappa shape index (κ1) is 12.8. The van der Waals surface area contributed by atoms with Crippen LogP contribution in [0, 0.1) is 0 Å². The molecule has 3 fully saturated rings. The summed E-state index contributed by atoms with van der Waals surface area (Å²) in [4.78, 5) is 0. The quantitative estimate of drug-likeness (QED) is 0.735. The minimum Gasteiger partial charge on any atom is -0.366 e. The van der Waals surface area contributed by atoms with Crippen molar-refractivity contribution in [2.75, 3.05) is 6.61 Å². The number of rotatable bonds is 1. The van der Waals surface area contributed by atoms with Crippen molar-refractivity contribution in [3.63, 3.8) is 0 Å². The first-order chi connectivity index (χ1) is 8.27. The second-order valence-corrected chi connectivity index (χ2v) is 5.92.